The van der Waals surface area contributed by atoms with E-state index in [0.29, 0.717) is 0 Å². The van der Waals surface area contributed by atoms with Crippen LogP contribution in [0.15, 0.2) is 0 Å². The van der Waals surface area contributed by atoms with Gasteiger partial charge < -0.3 is 15.7 Å². The van der Waals surface area contributed by atoms with E-state index in [1.54, 1.807) is 0 Å². The van der Waals surface area contributed by atoms with Crippen molar-refractivity contribution in [1.29, 1.82) is 0 Å². The first kappa shape index (κ1) is 16.4. The summed E-state index contributed by atoms with van der Waals surface area (Å²) in [5, 5.41) is 13.9. The van der Waals surface area contributed by atoms with Gasteiger partial charge in [0.05, 0.1) is 12.5 Å². The largest absolute Gasteiger partial charge is 0.481 e. The first-order chi connectivity index (χ1) is 8.04. The molecule has 0 aromatic carbocycles. The van der Waals surface area contributed by atoms with Crippen LogP contribution in [0, 0.1) is 11.8 Å². The Hall–Kier alpha value is -1.59. The van der Waals surface area contributed by atoms with Gasteiger partial charge in [-0.3, -0.25) is 14.4 Å². The minimum Gasteiger partial charge on any atom is -0.481 e. The van der Waals surface area contributed by atoms with Crippen LogP contribution in [0.3, 0.4) is 0 Å². The predicted octanol–water partition coefficient (Wildman–Crippen LogP) is 0.374. The van der Waals surface area contributed by atoms with Gasteiger partial charge in [0, 0.05) is 11.5 Å². The molecule has 0 saturated heterocycles. The van der Waals surface area contributed by atoms with Gasteiger partial charge in [-0.15, -0.1) is 0 Å². The number of carbonyl (C=O) groups is 3. The highest BCUT2D eigenvalue weighted by Gasteiger charge is 2.26. The number of amides is 2. The van der Waals surface area contributed by atoms with Gasteiger partial charge in [-0.05, 0) is 20.8 Å². The van der Waals surface area contributed by atoms with E-state index < -0.39 is 23.7 Å². The highest BCUT2D eigenvalue weighted by molar-refractivity contribution is 5.88. The highest BCUT2D eigenvalue weighted by atomic mass is 16.4. The lowest BCUT2D eigenvalue weighted by atomic mass is 9.95. The van der Waals surface area contributed by atoms with Crippen LogP contribution in [-0.2, 0) is 14.4 Å². The van der Waals surface area contributed by atoms with Crippen molar-refractivity contribution < 1.29 is 19.5 Å². The Kier molecular flexibility index (Phi) is 5.81. The van der Waals surface area contributed by atoms with E-state index in [2.05, 4.69) is 10.6 Å². The van der Waals surface area contributed by atoms with Gasteiger partial charge in [-0.25, -0.2) is 0 Å². The summed E-state index contributed by atoms with van der Waals surface area (Å²) in [7, 11) is 0. The highest BCUT2D eigenvalue weighted by Crippen LogP contribution is 2.10. The van der Waals surface area contributed by atoms with Crippen molar-refractivity contribution in [2.75, 3.05) is 6.54 Å². The zero-order valence-electron chi connectivity index (χ0n) is 11.5. The molecule has 6 heteroatoms. The molecule has 6 nitrogen and oxygen atoms in total. The Balaban J connectivity index is 4.19. The summed E-state index contributed by atoms with van der Waals surface area (Å²) in [5.41, 5.74) is -0.359. The second-order valence-corrected chi connectivity index (χ2v) is 5.43. The Morgan fingerprint density at radius 2 is 1.61 bits per heavy atom. The number of hydrogen-bond donors (Lipinski definition) is 3. The maximum absolute atomic E-state index is 11.6. The second-order valence-electron chi connectivity index (χ2n) is 5.43. The van der Waals surface area contributed by atoms with E-state index in [-0.39, 0.29) is 18.0 Å². The molecular weight excluding hydrogens is 236 g/mol. The molecule has 0 saturated carbocycles. The third kappa shape index (κ3) is 6.22. The molecule has 104 valence electrons. The lowest BCUT2D eigenvalue weighted by Crippen LogP contribution is -2.47. The number of nitrogens with one attached hydrogen (secondary N) is 2. The van der Waals surface area contributed by atoms with E-state index in [4.69, 9.17) is 5.11 Å². The topological polar surface area (TPSA) is 95.5 Å². The molecule has 0 aliphatic heterocycles. The van der Waals surface area contributed by atoms with E-state index in [0.717, 1.165) is 0 Å². The molecular formula is C12H22N2O4. The van der Waals surface area contributed by atoms with Crippen molar-refractivity contribution in [2.24, 2.45) is 11.8 Å². The molecule has 0 rings (SSSR count). The average Bonchev–Trinajstić information content (AvgIpc) is 2.21. The van der Waals surface area contributed by atoms with E-state index in [1.807, 2.05) is 20.8 Å². The smallest absolute Gasteiger partial charge is 0.307 e. The molecule has 2 atom stereocenters. The van der Waals surface area contributed by atoms with Gasteiger partial charge in [0.15, 0.2) is 0 Å². The third-order valence-electron chi connectivity index (χ3n) is 2.49. The zero-order valence-corrected chi connectivity index (χ0v) is 11.5. The number of hydrogen-bond acceptors (Lipinski definition) is 3. The third-order valence-corrected chi connectivity index (χ3v) is 2.49. The van der Waals surface area contributed by atoms with E-state index >= 15 is 0 Å². The van der Waals surface area contributed by atoms with Gasteiger partial charge in [-0.2, -0.15) is 0 Å². The van der Waals surface area contributed by atoms with Crippen molar-refractivity contribution in [3.8, 4) is 0 Å². The fraction of sp³-hybridized carbons (Fsp3) is 0.750. The van der Waals surface area contributed by atoms with Gasteiger partial charge >= 0.3 is 5.97 Å². The fourth-order valence-corrected chi connectivity index (χ4v) is 1.23. The minimum atomic E-state index is -1.03. The number of rotatable bonds is 5. The van der Waals surface area contributed by atoms with Crippen molar-refractivity contribution in [1.82, 2.24) is 10.6 Å². The Morgan fingerprint density at radius 3 is 2.00 bits per heavy atom. The monoisotopic (exact) mass is 258 g/mol. The first-order valence-electron chi connectivity index (χ1n) is 5.86. The maximum Gasteiger partial charge on any atom is 0.307 e. The lowest BCUT2D eigenvalue weighted by molar-refractivity contribution is -0.146. The van der Waals surface area contributed by atoms with Crippen molar-refractivity contribution in [2.45, 2.75) is 40.2 Å². The number of carbonyl (C=O) groups excluding carboxylic acids is 2. The molecule has 0 aromatic rings. The number of carboxylic acids is 1. The average molecular weight is 258 g/mol. The van der Waals surface area contributed by atoms with Crippen LogP contribution in [0.25, 0.3) is 0 Å². The molecule has 3 N–H and O–H groups in total. The number of carboxylic acid groups (broad SMARTS) is 1. The Labute approximate surface area is 107 Å². The van der Waals surface area contributed by atoms with Crippen molar-refractivity contribution in [3.63, 3.8) is 0 Å². The SMILES string of the molecule is CC(C(=O)O)C(C)C(=O)NCC(=O)NC(C)(C)C. The van der Waals surface area contributed by atoms with Crippen LogP contribution >= 0.6 is 0 Å². The molecule has 0 spiro atoms. The molecule has 0 fully saturated rings. The van der Waals surface area contributed by atoms with Gasteiger partial charge in [0.2, 0.25) is 11.8 Å². The van der Waals surface area contributed by atoms with Gasteiger partial charge in [0.1, 0.15) is 0 Å². The van der Waals surface area contributed by atoms with Gasteiger partial charge in [0.25, 0.3) is 0 Å². The van der Waals surface area contributed by atoms with E-state index in [9.17, 15) is 14.4 Å². The summed E-state index contributed by atoms with van der Waals surface area (Å²) >= 11 is 0. The zero-order chi connectivity index (χ0) is 14.5. The molecule has 0 bridgehead atoms. The molecule has 0 aliphatic carbocycles. The van der Waals surface area contributed by atoms with Crippen LogP contribution in [0.2, 0.25) is 0 Å². The fourth-order valence-electron chi connectivity index (χ4n) is 1.23. The summed E-state index contributed by atoms with van der Waals surface area (Å²) in [6, 6.07) is 0. The van der Waals surface area contributed by atoms with Crippen LogP contribution in [-0.4, -0.2) is 35.0 Å². The summed E-state index contributed by atoms with van der Waals surface area (Å²) < 4.78 is 0. The normalized spacial score (nSPS) is 14.5. The lowest BCUT2D eigenvalue weighted by Gasteiger charge is -2.21. The quantitative estimate of drug-likeness (QED) is 0.664. The van der Waals surface area contributed by atoms with Crippen molar-refractivity contribution >= 4 is 17.8 Å². The molecule has 0 aliphatic rings. The van der Waals surface area contributed by atoms with E-state index in [1.165, 1.54) is 13.8 Å². The summed E-state index contributed by atoms with van der Waals surface area (Å²) in [6.07, 6.45) is 0. The Morgan fingerprint density at radius 1 is 1.11 bits per heavy atom. The Bertz CT molecular complexity index is 333. The summed E-state index contributed by atoms with van der Waals surface area (Å²) in [4.78, 5) is 33.8. The molecule has 2 amide bonds. The van der Waals surface area contributed by atoms with Crippen LogP contribution in [0.5, 0.6) is 0 Å². The first-order valence-corrected chi connectivity index (χ1v) is 5.86. The predicted molar refractivity (Wildman–Crippen MR) is 66.9 cm³/mol. The molecule has 18 heavy (non-hydrogen) atoms. The standard InChI is InChI=1S/C12H22N2O4/c1-7(8(2)11(17)18)10(16)13-6-9(15)14-12(3,4)5/h7-8H,6H2,1-5H3,(H,13,16)(H,14,15)(H,17,18). The minimum absolute atomic E-state index is 0.146. The molecule has 2 unspecified atom stereocenters. The van der Waals surface area contributed by atoms with Crippen LogP contribution < -0.4 is 10.6 Å². The van der Waals surface area contributed by atoms with Crippen LogP contribution in [0.1, 0.15) is 34.6 Å². The molecule has 0 aromatic heterocycles. The molecule has 0 radical (unpaired) electrons. The summed E-state index contributed by atoms with van der Waals surface area (Å²) in [5.74, 6) is -3.22. The summed E-state index contributed by atoms with van der Waals surface area (Å²) in [6.45, 7) is 8.34. The second kappa shape index (κ2) is 6.37. The van der Waals surface area contributed by atoms with Crippen molar-refractivity contribution in [3.05, 3.63) is 0 Å². The molecule has 0 heterocycles. The van der Waals surface area contributed by atoms with Crippen LogP contribution in [0.4, 0.5) is 0 Å². The maximum atomic E-state index is 11.6. The van der Waals surface area contributed by atoms with Gasteiger partial charge in [-0.1, -0.05) is 13.8 Å². The number of aliphatic carboxylic acids is 1.